The molecule has 0 aliphatic rings. The highest BCUT2D eigenvalue weighted by atomic mass is 16.5. The Bertz CT molecular complexity index is 1310. The Balaban J connectivity index is 1.50. The Morgan fingerprint density at radius 1 is 0.941 bits per heavy atom. The number of ether oxygens (including phenoxy) is 3. The molecular weight excluding hydrogens is 430 g/mol. The maximum absolute atomic E-state index is 12.8. The summed E-state index contributed by atoms with van der Waals surface area (Å²) in [5.41, 5.74) is 4.70. The van der Waals surface area contributed by atoms with Gasteiger partial charge in [0.05, 0.1) is 38.3 Å². The van der Waals surface area contributed by atoms with E-state index < -0.39 is 0 Å². The molecule has 0 radical (unpaired) electrons. The summed E-state index contributed by atoms with van der Waals surface area (Å²) in [6.07, 6.45) is 0. The van der Waals surface area contributed by atoms with Crippen molar-refractivity contribution in [2.24, 2.45) is 0 Å². The second kappa shape index (κ2) is 10.3. The van der Waals surface area contributed by atoms with Crippen molar-refractivity contribution in [3.8, 4) is 17.2 Å². The Labute approximate surface area is 199 Å². The summed E-state index contributed by atoms with van der Waals surface area (Å²) in [6, 6.07) is 19.1. The van der Waals surface area contributed by atoms with Gasteiger partial charge < -0.3 is 24.1 Å². The quantitative estimate of drug-likeness (QED) is 0.393. The van der Waals surface area contributed by atoms with Gasteiger partial charge in [-0.25, -0.2) is 4.98 Å². The highest BCUT2D eigenvalue weighted by Crippen LogP contribution is 2.27. The number of fused-ring (bicyclic) bond motifs is 1. The van der Waals surface area contributed by atoms with E-state index in [2.05, 4.69) is 29.8 Å². The molecule has 0 saturated carbocycles. The van der Waals surface area contributed by atoms with Crippen molar-refractivity contribution in [1.82, 2.24) is 14.9 Å². The molecule has 0 aliphatic heterocycles. The molecule has 176 valence electrons. The van der Waals surface area contributed by atoms with Crippen LogP contribution in [0.15, 0.2) is 60.7 Å². The molecule has 1 aromatic heterocycles. The summed E-state index contributed by atoms with van der Waals surface area (Å²) in [4.78, 5) is 17.6. The molecule has 4 aromatic rings. The van der Waals surface area contributed by atoms with Crippen molar-refractivity contribution >= 4 is 16.9 Å². The molecule has 7 nitrogen and oxygen atoms in total. The molecule has 0 spiro atoms. The van der Waals surface area contributed by atoms with E-state index >= 15 is 0 Å². The van der Waals surface area contributed by atoms with Gasteiger partial charge >= 0.3 is 0 Å². The maximum atomic E-state index is 12.8. The molecule has 7 heteroatoms. The van der Waals surface area contributed by atoms with E-state index in [1.54, 1.807) is 32.4 Å². The van der Waals surface area contributed by atoms with Crippen molar-refractivity contribution in [3.05, 3.63) is 83.2 Å². The van der Waals surface area contributed by atoms with Gasteiger partial charge in [0.25, 0.3) is 5.91 Å². The molecule has 4 rings (SSSR count). The van der Waals surface area contributed by atoms with Crippen LogP contribution < -0.4 is 19.5 Å². The summed E-state index contributed by atoms with van der Waals surface area (Å²) in [5.74, 6) is 2.51. The first kappa shape index (κ1) is 23.2. The van der Waals surface area contributed by atoms with Crippen LogP contribution in [0.2, 0.25) is 0 Å². The Morgan fingerprint density at radius 3 is 2.53 bits per heavy atom. The van der Waals surface area contributed by atoms with Gasteiger partial charge in [-0.2, -0.15) is 0 Å². The van der Waals surface area contributed by atoms with Crippen LogP contribution in [0.1, 0.15) is 27.3 Å². The summed E-state index contributed by atoms with van der Waals surface area (Å²) < 4.78 is 18.7. The van der Waals surface area contributed by atoms with E-state index in [0.717, 1.165) is 28.2 Å². The molecule has 0 bridgehead atoms. The zero-order chi connectivity index (χ0) is 24.1. The maximum Gasteiger partial charge on any atom is 0.251 e. The first-order valence-corrected chi connectivity index (χ1v) is 11.1. The van der Waals surface area contributed by atoms with Gasteiger partial charge in [-0.05, 0) is 61.4 Å². The lowest BCUT2D eigenvalue weighted by Crippen LogP contribution is -2.25. The number of hydrogen-bond donors (Lipinski definition) is 1. The Hall–Kier alpha value is -4.00. The number of carbonyl (C=O) groups excluding carboxylic acids is 1. The fourth-order valence-corrected chi connectivity index (χ4v) is 3.88. The zero-order valence-electron chi connectivity index (χ0n) is 19.9. The molecule has 0 saturated heterocycles. The first-order valence-electron chi connectivity index (χ1n) is 11.1. The third kappa shape index (κ3) is 4.83. The minimum atomic E-state index is -0.216. The molecule has 0 fully saturated rings. The molecule has 0 atom stereocenters. The summed E-state index contributed by atoms with van der Waals surface area (Å²) in [6.45, 7) is 5.51. The highest BCUT2D eigenvalue weighted by Gasteiger charge is 2.14. The first-order chi connectivity index (χ1) is 16.5. The van der Waals surface area contributed by atoms with Gasteiger partial charge in [0.2, 0.25) is 0 Å². The topological polar surface area (TPSA) is 74.6 Å². The number of nitrogens with one attached hydrogen (secondary N) is 1. The van der Waals surface area contributed by atoms with Crippen molar-refractivity contribution in [2.45, 2.75) is 26.9 Å². The number of aromatic nitrogens is 2. The monoisotopic (exact) mass is 459 g/mol. The van der Waals surface area contributed by atoms with Gasteiger partial charge in [0.15, 0.2) is 11.5 Å². The number of nitrogens with zero attached hydrogens (tertiary/aromatic N) is 2. The molecule has 1 amide bonds. The van der Waals surface area contributed by atoms with E-state index in [4.69, 9.17) is 19.2 Å². The molecule has 0 unspecified atom stereocenters. The van der Waals surface area contributed by atoms with Gasteiger partial charge in [-0.1, -0.05) is 24.3 Å². The second-order valence-corrected chi connectivity index (χ2v) is 7.97. The average molecular weight is 460 g/mol. The SMILES string of the molecule is COc1ccc(C(=O)NCc2nc3ccccc3n2CCOc2cccc(C)c2C)cc1OC. The molecular formula is C27H29N3O4. The van der Waals surface area contributed by atoms with Crippen LogP contribution in [-0.2, 0) is 13.1 Å². The van der Waals surface area contributed by atoms with E-state index in [9.17, 15) is 4.79 Å². The third-order valence-electron chi connectivity index (χ3n) is 5.91. The number of imidazole rings is 1. The zero-order valence-corrected chi connectivity index (χ0v) is 19.9. The minimum Gasteiger partial charge on any atom is -0.493 e. The van der Waals surface area contributed by atoms with E-state index in [0.29, 0.717) is 30.2 Å². The number of amides is 1. The summed E-state index contributed by atoms with van der Waals surface area (Å²) in [5, 5.41) is 2.97. The third-order valence-corrected chi connectivity index (χ3v) is 5.91. The van der Waals surface area contributed by atoms with Gasteiger partial charge in [-0.3, -0.25) is 4.79 Å². The van der Waals surface area contributed by atoms with E-state index in [1.807, 2.05) is 36.4 Å². The van der Waals surface area contributed by atoms with Gasteiger partial charge in [-0.15, -0.1) is 0 Å². The summed E-state index contributed by atoms with van der Waals surface area (Å²) >= 11 is 0. The van der Waals surface area contributed by atoms with Crippen LogP contribution in [0.5, 0.6) is 17.2 Å². The molecule has 1 N–H and O–H groups in total. The number of rotatable bonds is 9. The minimum absolute atomic E-state index is 0.216. The van der Waals surface area contributed by atoms with Crippen LogP contribution in [-0.4, -0.2) is 36.3 Å². The lowest BCUT2D eigenvalue weighted by atomic mass is 10.1. The summed E-state index contributed by atoms with van der Waals surface area (Å²) in [7, 11) is 3.11. The average Bonchev–Trinajstić information content (AvgIpc) is 3.22. The molecule has 0 aliphatic carbocycles. The fourth-order valence-electron chi connectivity index (χ4n) is 3.88. The number of benzene rings is 3. The number of carbonyl (C=O) groups is 1. The predicted octanol–water partition coefficient (Wildman–Crippen LogP) is 4.68. The fraction of sp³-hybridized carbons (Fsp3) is 0.259. The molecule has 3 aromatic carbocycles. The smallest absolute Gasteiger partial charge is 0.251 e. The van der Waals surface area contributed by atoms with Gasteiger partial charge in [0, 0.05) is 5.56 Å². The van der Waals surface area contributed by atoms with E-state index in [1.165, 1.54) is 5.56 Å². The van der Waals surface area contributed by atoms with Crippen LogP contribution in [0, 0.1) is 13.8 Å². The Morgan fingerprint density at radius 2 is 1.74 bits per heavy atom. The van der Waals surface area contributed by atoms with Crippen molar-refractivity contribution in [3.63, 3.8) is 0 Å². The Kier molecular flexibility index (Phi) is 7.01. The number of methoxy groups -OCH3 is 2. The van der Waals surface area contributed by atoms with E-state index in [-0.39, 0.29) is 12.5 Å². The van der Waals surface area contributed by atoms with Crippen LogP contribution in [0.25, 0.3) is 11.0 Å². The number of hydrogen-bond acceptors (Lipinski definition) is 5. The van der Waals surface area contributed by atoms with Crippen LogP contribution >= 0.6 is 0 Å². The number of para-hydroxylation sites is 2. The molecule has 1 heterocycles. The number of aryl methyl sites for hydroxylation is 1. The van der Waals surface area contributed by atoms with Crippen molar-refractivity contribution in [2.75, 3.05) is 20.8 Å². The largest absolute Gasteiger partial charge is 0.493 e. The highest BCUT2D eigenvalue weighted by molar-refractivity contribution is 5.94. The van der Waals surface area contributed by atoms with Crippen molar-refractivity contribution in [1.29, 1.82) is 0 Å². The predicted molar refractivity (Wildman–Crippen MR) is 132 cm³/mol. The van der Waals surface area contributed by atoms with Crippen LogP contribution in [0.4, 0.5) is 0 Å². The second-order valence-electron chi connectivity index (χ2n) is 7.97. The standard InChI is InChI=1S/C27H29N3O4/c1-18-8-7-11-23(19(18)2)34-15-14-30-22-10-6-5-9-21(22)29-26(30)17-28-27(31)20-12-13-24(32-3)25(16-20)33-4/h5-13,16H,14-15,17H2,1-4H3,(H,28,31). The van der Waals surface area contributed by atoms with Crippen LogP contribution in [0.3, 0.4) is 0 Å². The molecule has 34 heavy (non-hydrogen) atoms. The van der Waals surface area contributed by atoms with Crippen molar-refractivity contribution < 1.29 is 19.0 Å². The lowest BCUT2D eigenvalue weighted by Gasteiger charge is -2.14. The van der Waals surface area contributed by atoms with Gasteiger partial charge in [0.1, 0.15) is 18.2 Å². The lowest BCUT2D eigenvalue weighted by molar-refractivity contribution is 0.0949. The normalized spacial score (nSPS) is 10.8.